The number of hydrogen-bond acceptors (Lipinski definition) is 6. The summed E-state index contributed by atoms with van der Waals surface area (Å²) >= 11 is 3.02. The number of carbonyl (C=O) groups is 1. The average Bonchev–Trinajstić information content (AvgIpc) is 3.29. The summed E-state index contributed by atoms with van der Waals surface area (Å²) in [5, 5.41) is 14.5. The molecule has 130 valence electrons. The molecule has 2 aromatic heterocycles. The molecule has 0 atom stereocenters. The number of para-hydroxylation sites is 1. The maximum Gasteiger partial charge on any atom is 0.233 e. The Morgan fingerprint density at radius 1 is 1.28 bits per heavy atom. The summed E-state index contributed by atoms with van der Waals surface area (Å²) in [5.74, 6) is 0.395. The molecule has 3 aromatic rings. The van der Waals surface area contributed by atoms with Crippen LogP contribution in [0, 0.1) is 6.92 Å². The number of amides is 1. The zero-order valence-corrected chi connectivity index (χ0v) is 15.8. The summed E-state index contributed by atoms with van der Waals surface area (Å²) in [4.78, 5) is 15.6. The van der Waals surface area contributed by atoms with Crippen LogP contribution < -0.4 is 0 Å². The van der Waals surface area contributed by atoms with Crippen molar-refractivity contribution >= 4 is 29.0 Å². The Morgan fingerprint density at radius 3 is 2.84 bits per heavy atom. The zero-order valence-electron chi connectivity index (χ0n) is 14.1. The lowest BCUT2D eigenvalue weighted by Gasteiger charge is -2.19. The monoisotopic (exact) mass is 373 g/mol. The molecule has 0 bridgehead atoms. The number of benzene rings is 1. The van der Waals surface area contributed by atoms with Gasteiger partial charge in [0.1, 0.15) is 0 Å². The minimum atomic E-state index is 0.0835. The molecule has 2 heterocycles. The van der Waals surface area contributed by atoms with Gasteiger partial charge < -0.3 is 4.90 Å². The molecule has 0 fully saturated rings. The van der Waals surface area contributed by atoms with Crippen LogP contribution in [0.4, 0.5) is 0 Å². The molecule has 0 aliphatic rings. The predicted molar refractivity (Wildman–Crippen MR) is 100 cm³/mol. The van der Waals surface area contributed by atoms with Crippen molar-refractivity contribution in [1.29, 1.82) is 0 Å². The van der Waals surface area contributed by atoms with Crippen molar-refractivity contribution in [2.45, 2.75) is 25.5 Å². The number of thiophene rings is 1. The Hall–Kier alpha value is -2.19. The molecule has 8 heteroatoms. The fourth-order valence-electron chi connectivity index (χ4n) is 2.41. The van der Waals surface area contributed by atoms with Crippen LogP contribution in [0.2, 0.25) is 0 Å². The number of carbonyl (C=O) groups excluding carboxylic acids is 1. The molecule has 25 heavy (non-hydrogen) atoms. The highest BCUT2D eigenvalue weighted by atomic mass is 32.2. The van der Waals surface area contributed by atoms with Crippen molar-refractivity contribution in [3.8, 4) is 5.69 Å². The Kier molecular flexibility index (Phi) is 5.83. The summed E-state index contributed by atoms with van der Waals surface area (Å²) in [6, 6.07) is 12.0. The lowest BCUT2D eigenvalue weighted by atomic mass is 10.2. The van der Waals surface area contributed by atoms with Crippen molar-refractivity contribution in [2.24, 2.45) is 0 Å². The van der Waals surface area contributed by atoms with Gasteiger partial charge in [-0.25, -0.2) is 0 Å². The second kappa shape index (κ2) is 8.26. The zero-order chi connectivity index (χ0) is 17.6. The first-order valence-corrected chi connectivity index (χ1v) is 9.83. The molecule has 3 rings (SSSR count). The molecule has 0 saturated carbocycles. The first kappa shape index (κ1) is 17.6. The lowest BCUT2D eigenvalue weighted by molar-refractivity contribution is -0.128. The predicted octanol–water partition coefficient (Wildman–Crippen LogP) is 3.17. The summed E-state index contributed by atoms with van der Waals surface area (Å²) in [6.07, 6.45) is 0. The van der Waals surface area contributed by atoms with Crippen LogP contribution in [0.25, 0.3) is 5.69 Å². The number of hydrogen-bond donors (Lipinski definition) is 0. The van der Waals surface area contributed by atoms with Crippen LogP contribution in [0.15, 0.2) is 46.9 Å². The van der Waals surface area contributed by atoms with Crippen molar-refractivity contribution < 1.29 is 4.79 Å². The van der Waals surface area contributed by atoms with E-state index < -0.39 is 0 Å². The first-order valence-electron chi connectivity index (χ1n) is 7.96. The molecule has 0 N–H and O–H groups in total. The molecule has 1 aromatic carbocycles. The van der Waals surface area contributed by atoms with Gasteiger partial charge in [-0.05, 0) is 47.4 Å². The molecule has 0 saturated heterocycles. The third-order valence-electron chi connectivity index (χ3n) is 3.77. The second-order valence-electron chi connectivity index (χ2n) is 5.44. The topological polar surface area (TPSA) is 63.9 Å². The number of thioether (sulfide) groups is 1. The summed E-state index contributed by atoms with van der Waals surface area (Å²) in [5.41, 5.74) is 2.00. The molecular weight excluding hydrogens is 354 g/mol. The second-order valence-corrected chi connectivity index (χ2v) is 7.41. The number of nitrogens with zero attached hydrogens (tertiary/aromatic N) is 5. The van der Waals surface area contributed by atoms with Crippen LogP contribution in [0.3, 0.4) is 0 Å². The van der Waals surface area contributed by atoms with E-state index in [-0.39, 0.29) is 5.91 Å². The van der Waals surface area contributed by atoms with Crippen molar-refractivity contribution in [1.82, 2.24) is 25.1 Å². The minimum absolute atomic E-state index is 0.0835. The van der Waals surface area contributed by atoms with Crippen molar-refractivity contribution in [2.75, 3.05) is 12.3 Å². The Labute approximate surface area is 154 Å². The molecule has 0 radical (unpaired) electrons. The molecule has 0 spiro atoms. The molecule has 6 nitrogen and oxygen atoms in total. The fraction of sp³-hybridized carbons (Fsp3) is 0.294. The van der Waals surface area contributed by atoms with Gasteiger partial charge in [0.2, 0.25) is 11.1 Å². The Bertz CT molecular complexity index is 831. The Balaban J connectivity index is 1.67. The number of aryl methyl sites for hydroxylation is 1. The first-order chi connectivity index (χ1) is 12.2. The largest absolute Gasteiger partial charge is 0.337 e. The van der Waals surface area contributed by atoms with Crippen molar-refractivity contribution in [3.05, 3.63) is 52.2 Å². The van der Waals surface area contributed by atoms with E-state index in [2.05, 4.69) is 15.5 Å². The summed E-state index contributed by atoms with van der Waals surface area (Å²) in [7, 11) is 0. The number of tetrazole rings is 1. The van der Waals surface area contributed by atoms with Gasteiger partial charge in [0.25, 0.3) is 0 Å². The van der Waals surface area contributed by atoms with E-state index in [1.165, 1.54) is 16.6 Å². The quantitative estimate of drug-likeness (QED) is 0.595. The lowest BCUT2D eigenvalue weighted by Crippen LogP contribution is -2.31. The van der Waals surface area contributed by atoms with Crippen LogP contribution >= 0.6 is 23.1 Å². The third kappa shape index (κ3) is 4.26. The fourth-order valence-corrected chi connectivity index (χ4v) is 3.91. The van der Waals surface area contributed by atoms with E-state index in [9.17, 15) is 4.79 Å². The highest BCUT2D eigenvalue weighted by Crippen LogP contribution is 2.21. The van der Waals surface area contributed by atoms with Gasteiger partial charge in [0.15, 0.2) is 0 Å². The van der Waals surface area contributed by atoms with E-state index >= 15 is 0 Å². The molecular formula is C17H19N5OS2. The van der Waals surface area contributed by atoms with Gasteiger partial charge in [-0.15, -0.1) is 16.4 Å². The van der Waals surface area contributed by atoms with Gasteiger partial charge in [-0.1, -0.05) is 36.0 Å². The van der Waals surface area contributed by atoms with E-state index in [4.69, 9.17) is 0 Å². The molecule has 0 unspecified atom stereocenters. The average molecular weight is 374 g/mol. The molecule has 0 aliphatic carbocycles. The highest BCUT2D eigenvalue weighted by Gasteiger charge is 2.16. The van der Waals surface area contributed by atoms with E-state index in [1.54, 1.807) is 16.0 Å². The smallest absolute Gasteiger partial charge is 0.233 e. The SMILES string of the molecule is CCN(Cc1cccs1)C(=O)CSc1nnnn1-c1ccccc1C. The normalized spacial score (nSPS) is 10.8. The Morgan fingerprint density at radius 2 is 2.12 bits per heavy atom. The standard InChI is InChI=1S/C17H19N5OS2/c1-3-21(11-14-8-6-10-24-14)16(23)12-25-17-18-19-20-22(17)15-9-5-4-7-13(15)2/h4-10H,3,11-12H2,1-2H3. The van der Waals surface area contributed by atoms with E-state index in [1.807, 2.05) is 60.5 Å². The third-order valence-corrected chi connectivity index (χ3v) is 5.54. The van der Waals surface area contributed by atoms with Crippen molar-refractivity contribution in [3.63, 3.8) is 0 Å². The van der Waals surface area contributed by atoms with E-state index in [0.717, 1.165) is 11.3 Å². The number of rotatable bonds is 7. The number of aromatic nitrogens is 4. The highest BCUT2D eigenvalue weighted by molar-refractivity contribution is 7.99. The molecule has 0 aliphatic heterocycles. The maximum atomic E-state index is 12.5. The molecule has 1 amide bonds. The van der Waals surface area contributed by atoms with Crippen LogP contribution in [-0.4, -0.2) is 43.3 Å². The van der Waals surface area contributed by atoms with Gasteiger partial charge in [0.05, 0.1) is 18.0 Å². The van der Waals surface area contributed by atoms with E-state index in [0.29, 0.717) is 24.0 Å². The summed E-state index contributed by atoms with van der Waals surface area (Å²) < 4.78 is 1.68. The van der Waals surface area contributed by atoms with Crippen LogP contribution in [0.5, 0.6) is 0 Å². The van der Waals surface area contributed by atoms with Crippen LogP contribution in [0.1, 0.15) is 17.4 Å². The van der Waals surface area contributed by atoms with Gasteiger partial charge in [-0.3, -0.25) is 4.79 Å². The minimum Gasteiger partial charge on any atom is -0.337 e. The maximum absolute atomic E-state index is 12.5. The van der Waals surface area contributed by atoms with Crippen LogP contribution in [-0.2, 0) is 11.3 Å². The van der Waals surface area contributed by atoms with Gasteiger partial charge >= 0.3 is 0 Å². The van der Waals surface area contributed by atoms with Gasteiger partial charge in [-0.2, -0.15) is 4.68 Å². The van der Waals surface area contributed by atoms with Gasteiger partial charge in [0, 0.05) is 11.4 Å². The summed E-state index contributed by atoms with van der Waals surface area (Å²) in [6.45, 7) is 5.33.